The summed E-state index contributed by atoms with van der Waals surface area (Å²) in [5.74, 6) is -0.0851. The van der Waals surface area contributed by atoms with Gasteiger partial charge in [-0.25, -0.2) is 4.68 Å². The Kier molecular flexibility index (Phi) is 5.79. The number of aryl methyl sites for hydroxylation is 1. The molecule has 0 aliphatic rings. The number of para-hydroxylation sites is 1. The Balaban J connectivity index is 1.93. The van der Waals surface area contributed by atoms with E-state index in [1.165, 1.54) is 0 Å². The lowest BCUT2D eigenvalue weighted by atomic mass is 10.1. The SMILES string of the molecule is CCCc1nn(-c2ccccc2)c(CC)c1C(=O)NCc1ccccn1. The van der Waals surface area contributed by atoms with Gasteiger partial charge in [-0.15, -0.1) is 0 Å². The van der Waals surface area contributed by atoms with Crippen molar-refractivity contribution in [3.63, 3.8) is 0 Å². The molecule has 5 nitrogen and oxygen atoms in total. The Hall–Kier alpha value is -2.95. The average molecular weight is 348 g/mol. The first-order valence-electron chi connectivity index (χ1n) is 9.08. The van der Waals surface area contributed by atoms with Crippen molar-refractivity contribution in [2.45, 2.75) is 39.7 Å². The minimum Gasteiger partial charge on any atom is -0.346 e. The minimum absolute atomic E-state index is 0.0851. The number of pyridine rings is 1. The Morgan fingerprint density at radius 3 is 2.50 bits per heavy atom. The zero-order valence-corrected chi connectivity index (χ0v) is 15.3. The second-order valence-electron chi connectivity index (χ2n) is 6.12. The summed E-state index contributed by atoms with van der Waals surface area (Å²) in [5.41, 5.74) is 4.32. The molecule has 1 amide bonds. The van der Waals surface area contributed by atoms with Crippen LogP contribution >= 0.6 is 0 Å². The molecule has 0 fully saturated rings. The maximum Gasteiger partial charge on any atom is 0.255 e. The number of rotatable bonds is 7. The van der Waals surface area contributed by atoms with Gasteiger partial charge in [-0.1, -0.05) is 44.5 Å². The van der Waals surface area contributed by atoms with E-state index >= 15 is 0 Å². The minimum atomic E-state index is -0.0851. The van der Waals surface area contributed by atoms with Crippen molar-refractivity contribution < 1.29 is 4.79 Å². The fourth-order valence-electron chi connectivity index (χ4n) is 3.05. The Labute approximate surface area is 154 Å². The number of hydrogen-bond acceptors (Lipinski definition) is 3. The number of amides is 1. The van der Waals surface area contributed by atoms with Crippen LogP contribution in [0.4, 0.5) is 0 Å². The standard InChI is InChI=1S/C21H24N4O/c1-3-10-18-20(21(26)23-15-16-11-8-9-14-22-16)19(4-2)25(24-18)17-12-6-5-7-13-17/h5-9,11-14H,3-4,10,15H2,1-2H3,(H,23,26). The summed E-state index contributed by atoms with van der Waals surface area (Å²) >= 11 is 0. The van der Waals surface area contributed by atoms with Crippen LogP contribution in [0.5, 0.6) is 0 Å². The van der Waals surface area contributed by atoms with Crippen LogP contribution < -0.4 is 5.32 Å². The van der Waals surface area contributed by atoms with E-state index in [9.17, 15) is 4.79 Å². The summed E-state index contributed by atoms with van der Waals surface area (Å²) in [4.78, 5) is 17.2. The van der Waals surface area contributed by atoms with Crippen LogP contribution in [0, 0.1) is 0 Å². The maximum atomic E-state index is 12.9. The molecular weight excluding hydrogens is 324 g/mol. The maximum absolute atomic E-state index is 12.9. The molecule has 3 rings (SSSR count). The van der Waals surface area contributed by atoms with Gasteiger partial charge in [0.25, 0.3) is 5.91 Å². The van der Waals surface area contributed by atoms with Gasteiger partial charge < -0.3 is 5.32 Å². The topological polar surface area (TPSA) is 59.8 Å². The molecule has 0 saturated carbocycles. The molecule has 2 heterocycles. The van der Waals surface area contributed by atoms with Gasteiger partial charge in [-0.05, 0) is 37.1 Å². The lowest BCUT2D eigenvalue weighted by Crippen LogP contribution is -2.25. The molecule has 0 aliphatic heterocycles. The second-order valence-corrected chi connectivity index (χ2v) is 6.12. The van der Waals surface area contributed by atoms with Crippen molar-refractivity contribution in [3.8, 4) is 5.69 Å². The highest BCUT2D eigenvalue weighted by molar-refractivity contribution is 5.96. The predicted molar refractivity (Wildman–Crippen MR) is 102 cm³/mol. The van der Waals surface area contributed by atoms with Gasteiger partial charge in [0.2, 0.25) is 0 Å². The summed E-state index contributed by atoms with van der Waals surface area (Å²) in [5, 5.41) is 7.76. The van der Waals surface area contributed by atoms with Crippen LogP contribution in [-0.4, -0.2) is 20.7 Å². The molecule has 3 aromatic rings. The zero-order valence-electron chi connectivity index (χ0n) is 15.3. The highest BCUT2D eigenvalue weighted by atomic mass is 16.1. The number of carbonyl (C=O) groups is 1. The fourth-order valence-corrected chi connectivity index (χ4v) is 3.05. The molecule has 0 spiro atoms. The molecule has 0 saturated heterocycles. The highest BCUT2D eigenvalue weighted by Gasteiger charge is 2.22. The molecule has 0 unspecified atom stereocenters. The van der Waals surface area contributed by atoms with Gasteiger partial charge >= 0.3 is 0 Å². The van der Waals surface area contributed by atoms with E-state index in [0.717, 1.165) is 42.0 Å². The number of benzene rings is 1. The molecule has 26 heavy (non-hydrogen) atoms. The second kappa shape index (κ2) is 8.43. The molecule has 5 heteroatoms. The highest BCUT2D eigenvalue weighted by Crippen LogP contribution is 2.21. The molecule has 2 aromatic heterocycles. The number of nitrogens with zero attached hydrogens (tertiary/aromatic N) is 3. The van der Waals surface area contributed by atoms with E-state index < -0.39 is 0 Å². The van der Waals surface area contributed by atoms with E-state index in [0.29, 0.717) is 12.1 Å². The lowest BCUT2D eigenvalue weighted by molar-refractivity contribution is 0.0948. The monoisotopic (exact) mass is 348 g/mol. The third kappa shape index (κ3) is 3.82. The smallest absolute Gasteiger partial charge is 0.255 e. The molecular formula is C21H24N4O. The number of hydrogen-bond donors (Lipinski definition) is 1. The molecule has 0 bridgehead atoms. The first kappa shape index (κ1) is 17.9. The van der Waals surface area contributed by atoms with Gasteiger partial charge in [0.1, 0.15) is 0 Å². The fraction of sp³-hybridized carbons (Fsp3) is 0.286. The van der Waals surface area contributed by atoms with E-state index in [2.05, 4.69) is 24.1 Å². The van der Waals surface area contributed by atoms with Gasteiger partial charge in [-0.3, -0.25) is 9.78 Å². The van der Waals surface area contributed by atoms with Crippen LogP contribution in [0.3, 0.4) is 0 Å². The van der Waals surface area contributed by atoms with Crippen LogP contribution in [0.15, 0.2) is 54.7 Å². The van der Waals surface area contributed by atoms with Crippen molar-refractivity contribution in [3.05, 3.63) is 77.4 Å². The third-order valence-electron chi connectivity index (χ3n) is 4.26. The van der Waals surface area contributed by atoms with E-state index in [1.54, 1.807) is 6.20 Å². The molecule has 0 aliphatic carbocycles. The Bertz CT molecular complexity index is 856. The molecule has 0 radical (unpaired) electrons. The zero-order chi connectivity index (χ0) is 18.4. The van der Waals surface area contributed by atoms with Crippen molar-refractivity contribution in [2.75, 3.05) is 0 Å². The number of carbonyl (C=O) groups excluding carboxylic acids is 1. The van der Waals surface area contributed by atoms with Crippen molar-refractivity contribution in [1.82, 2.24) is 20.1 Å². The van der Waals surface area contributed by atoms with Crippen LogP contribution in [0.1, 0.15) is 47.7 Å². The number of aromatic nitrogens is 3. The lowest BCUT2D eigenvalue weighted by Gasteiger charge is -2.09. The summed E-state index contributed by atoms with van der Waals surface area (Å²) in [6.45, 7) is 4.56. The largest absolute Gasteiger partial charge is 0.346 e. The van der Waals surface area contributed by atoms with Gasteiger partial charge in [0, 0.05) is 6.20 Å². The molecule has 1 N–H and O–H groups in total. The average Bonchev–Trinajstić information content (AvgIpc) is 3.06. The normalized spacial score (nSPS) is 10.7. The Morgan fingerprint density at radius 2 is 1.85 bits per heavy atom. The van der Waals surface area contributed by atoms with Crippen LogP contribution in [0.2, 0.25) is 0 Å². The van der Waals surface area contributed by atoms with E-state index in [4.69, 9.17) is 5.10 Å². The van der Waals surface area contributed by atoms with Gasteiger partial charge in [0.05, 0.1) is 34.9 Å². The molecule has 1 aromatic carbocycles. The third-order valence-corrected chi connectivity index (χ3v) is 4.26. The summed E-state index contributed by atoms with van der Waals surface area (Å²) in [7, 11) is 0. The van der Waals surface area contributed by atoms with Gasteiger partial charge in [0.15, 0.2) is 0 Å². The van der Waals surface area contributed by atoms with E-state index in [-0.39, 0.29) is 5.91 Å². The predicted octanol–water partition coefficient (Wildman–Crippen LogP) is 3.71. The Morgan fingerprint density at radius 1 is 1.08 bits per heavy atom. The summed E-state index contributed by atoms with van der Waals surface area (Å²) in [6.07, 6.45) is 4.18. The first-order chi connectivity index (χ1) is 12.7. The van der Waals surface area contributed by atoms with Crippen molar-refractivity contribution in [1.29, 1.82) is 0 Å². The first-order valence-corrected chi connectivity index (χ1v) is 9.08. The number of nitrogens with one attached hydrogen (secondary N) is 1. The van der Waals surface area contributed by atoms with Gasteiger partial charge in [-0.2, -0.15) is 5.10 Å². The summed E-state index contributed by atoms with van der Waals surface area (Å²) in [6, 6.07) is 15.7. The van der Waals surface area contributed by atoms with Crippen molar-refractivity contribution >= 4 is 5.91 Å². The van der Waals surface area contributed by atoms with Crippen LogP contribution in [-0.2, 0) is 19.4 Å². The summed E-state index contributed by atoms with van der Waals surface area (Å²) < 4.78 is 1.90. The van der Waals surface area contributed by atoms with E-state index in [1.807, 2.05) is 53.2 Å². The van der Waals surface area contributed by atoms with Crippen molar-refractivity contribution in [2.24, 2.45) is 0 Å². The quantitative estimate of drug-likeness (QED) is 0.708. The molecule has 0 atom stereocenters. The molecule has 134 valence electrons. The van der Waals surface area contributed by atoms with Crippen LogP contribution in [0.25, 0.3) is 5.69 Å².